The Morgan fingerprint density at radius 3 is 2.10 bits per heavy atom. The van der Waals surface area contributed by atoms with Gasteiger partial charge in [-0.15, -0.1) is 0 Å². The second-order valence-electron chi connectivity index (χ2n) is 6.17. The molecule has 2 aromatic rings. The smallest absolute Gasteiger partial charge is 0.0314 e. The lowest BCUT2D eigenvalue weighted by atomic mass is 9.85. The molecule has 0 aliphatic heterocycles. The zero-order valence-corrected chi connectivity index (χ0v) is 13.5. The van der Waals surface area contributed by atoms with E-state index in [2.05, 4.69) is 77.9 Å². The third kappa shape index (κ3) is 2.95. The first kappa shape index (κ1) is 14.8. The molecule has 0 saturated heterocycles. The zero-order valence-electron chi connectivity index (χ0n) is 13.5. The van der Waals surface area contributed by atoms with Gasteiger partial charge in [-0.05, 0) is 54.5 Å². The molecule has 0 bridgehead atoms. The lowest BCUT2D eigenvalue weighted by Crippen LogP contribution is -2.03. The highest BCUT2D eigenvalue weighted by Gasteiger charge is 2.15. The highest BCUT2D eigenvalue weighted by atomic mass is 14.2. The first-order valence-electron chi connectivity index (χ1n) is 7.42. The molecule has 0 unspecified atom stereocenters. The van der Waals surface area contributed by atoms with Crippen LogP contribution in [0.3, 0.4) is 0 Å². The molecule has 0 N–H and O–H groups in total. The van der Waals surface area contributed by atoms with Crippen molar-refractivity contribution in [2.45, 2.75) is 47.5 Å². The van der Waals surface area contributed by atoms with E-state index in [4.69, 9.17) is 0 Å². The molecule has 2 rings (SSSR count). The van der Waals surface area contributed by atoms with Crippen LogP contribution in [0.15, 0.2) is 36.4 Å². The molecule has 0 fully saturated rings. The molecule has 0 heteroatoms. The largest absolute Gasteiger partial charge is 0.0590 e. The second kappa shape index (κ2) is 5.83. The maximum Gasteiger partial charge on any atom is 0.0314 e. The van der Waals surface area contributed by atoms with Crippen molar-refractivity contribution in [2.24, 2.45) is 0 Å². The van der Waals surface area contributed by atoms with Gasteiger partial charge in [-0.2, -0.15) is 0 Å². The normalized spacial score (nSPS) is 11.4. The van der Waals surface area contributed by atoms with Crippen LogP contribution < -0.4 is 0 Å². The van der Waals surface area contributed by atoms with Crippen molar-refractivity contribution in [3.63, 3.8) is 0 Å². The maximum atomic E-state index is 2.33. The van der Waals surface area contributed by atoms with Crippen LogP contribution in [0.25, 0.3) is 0 Å². The Morgan fingerprint density at radius 2 is 1.50 bits per heavy atom. The van der Waals surface area contributed by atoms with Gasteiger partial charge in [0.2, 0.25) is 0 Å². The summed E-state index contributed by atoms with van der Waals surface area (Å²) in [5.74, 6) is 1.96. The van der Waals surface area contributed by atoms with E-state index in [1.807, 2.05) is 0 Å². The minimum Gasteiger partial charge on any atom is -0.0590 e. The van der Waals surface area contributed by atoms with Gasteiger partial charge >= 0.3 is 0 Å². The van der Waals surface area contributed by atoms with Gasteiger partial charge in [-0.1, -0.05) is 62.7 Å². The average molecular weight is 265 g/mol. The van der Waals surface area contributed by atoms with Gasteiger partial charge in [-0.25, -0.2) is 0 Å². The summed E-state index contributed by atoms with van der Waals surface area (Å²) in [6.45, 7) is 13.3. The number of hydrogen-bond acceptors (Lipinski definition) is 0. The van der Waals surface area contributed by atoms with E-state index in [0.29, 0.717) is 5.92 Å². The summed E-state index contributed by atoms with van der Waals surface area (Å²) < 4.78 is 0. The Morgan fingerprint density at radius 1 is 0.800 bits per heavy atom. The molecule has 105 valence electrons. The molecule has 0 aromatic heterocycles. The van der Waals surface area contributed by atoms with Gasteiger partial charge in [0.15, 0.2) is 0 Å². The van der Waals surface area contributed by atoms with Crippen molar-refractivity contribution in [3.8, 4) is 0 Å². The molecule has 0 nitrogen and oxygen atoms in total. The minimum absolute atomic E-state index is 0.587. The highest BCUT2D eigenvalue weighted by molar-refractivity contribution is 5.52. The third-order valence-electron chi connectivity index (χ3n) is 4.12. The molecule has 0 atom stereocenters. The fraction of sp³-hybridized carbons (Fsp3) is 0.350. The fourth-order valence-electron chi connectivity index (χ4n) is 2.75. The van der Waals surface area contributed by atoms with E-state index in [9.17, 15) is 0 Å². The van der Waals surface area contributed by atoms with Crippen LogP contribution >= 0.6 is 0 Å². The van der Waals surface area contributed by atoms with Gasteiger partial charge in [0, 0.05) is 5.92 Å². The third-order valence-corrected chi connectivity index (χ3v) is 4.12. The number of benzene rings is 2. The lowest BCUT2D eigenvalue weighted by molar-refractivity contribution is 0.863. The lowest BCUT2D eigenvalue weighted by Gasteiger charge is -2.19. The first-order valence-corrected chi connectivity index (χ1v) is 7.42. The molecular formula is C20H25. The monoisotopic (exact) mass is 265 g/mol. The number of aryl methyl sites for hydroxylation is 3. The zero-order chi connectivity index (χ0) is 14.9. The van der Waals surface area contributed by atoms with Crippen molar-refractivity contribution in [2.75, 3.05) is 0 Å². The van der Waals surface area contributed by atoms with Crippen molar-refractivity contribution in [1.29, 1.82) is 0 Å². The maximum absolute atomic E-state index is 2.33. The molecule has 20 heavy (non-hydrogen) atoms. The minimum atomic E-state index is 0.587. The number of hydrogen-bond donors (Lipinski definition) is 0. The summed E-state index contributed by atoms with van der Waals surface area (Å²) >= 11 is 0. The van der Waals surface area contributed by atoms with Crippen LogP contribution in [-0.2, 0) is 0 Å². The molecular weight excluding hydrogens is 240 g/mol. The summed E-state index contributed by atoms with van der Waals surface area (Å²) in [5.41, 5.74) is 8.19. The van der Waals surface area contributed by atoms with Crippen LogP contribution in [0.4, 0.5) is 0 Å². The van der Waals surface area contributed by atoms with E-state index in [-0.39, 0.29) is 0 Å². The summed E-state index contributed by atoms with van der Waals surface area (Å²) in [6.07, 6.45) is 0. The summed E-state index contributed by atoms with van der Waals surface area (Å²) in [7, 11) is 0. The van der Waals surface area contributed by atoms with Gasteiger partial charge < -0.3 is 0 Å². The van der Waals surface area contributed by atoms with Gasteiger partial charge in [0.1, 0.15) is 0 Å². The molecule has 0 saturated carbocycles. The van der Waals surface area contributed by atoms with Gasteiger partial charge in [-0.3, -0.25) is 0 Å². The van der Waals surface area contributed by atoms with E-state index in [1.54, 1.807) is 0 Å². The van der Waals surface area contributed by atoms with E-state index in [1.165, 1.54) is 39.3 Å². The van der Waals surface area contributed by atoms with Gasteiger partial charge in [0.05, 0.1) is 0 Å². The predicted octanol–water partition coefficient (Wildman–Crippen LogP) is 5.73. The SMILES string of the molecule is C[C](c1ccc(C(C)C)cc1C)c1cc(C)ccc1C. The van der Waals surface area contributed by atoms with E-state index >= 15 is 0 Å². The summed E-state index contributed by atoms with van der Waals surface area (Å²) in [5, 5.41) is 0. The molecule has 0 spiro atoms. The molecule has 2 aromatic carbocycles. The van der Waals surface area contributed by atoms with Crippen molar-refractivity contribution < 1.29 is 0 Å². The van der Waals surface area contributed by atoms with Crippen molar-refractivity contribution >= 4 is 0 Å². The van der Waals surface area contributed by atoms with Crippen LogP contribution in [0.2, 0.25) is 0 Å². The van der Waals surface area contributed by atoms with Crippen LogP contribution in [-0.4, -0.2) is 0 Å². The predicted molar refractivity (Wildman–Crippen MR) is 88.3 cm³/mol. The molecule has 0 amide bonds. The number of rotatable bonds is 3. The Bertz CT molecular complexity index is 605. The Hall–Kier alpha value is -1.56. The Balaban J connectivity index is 2.43. The molecule has 0 aliphatic rings. The van der Waals surface area contributed by atoms with Crippen LogP contribution in [0.5, 0.6) is 0 Å². The van der Waals surface area contributed by atoms with E-state index < -0.39 is 0 Å². The van der Waals surface area contributed by atoms with E-state index in [0.717, 1.165) is 0 Å². The molecule has 1 radical (unpaired) electrons. The van der Waals surface area contributed by atoms with Crippen molar-refractivity contribution in [3.05, 3.63) is 75.7 Å². The molecule has 0 aliphatic carbocycles. The fourth-order valence-corrected chi connectivity index (χ4v) is 2.75. The van der Waals surface area contributed by atoms with Crippen molar-refractivity contribution in [1.82, 2.24) is 0 Å². The average Bonchev–Trinajstić information content (AvgIpc) is 2.40. The Labute approximate surface area is 123 Å². The van der Waals surface area contributed by atoms with Gasteiger partial charge in [0.25, 0.3) is 0 Å². The van der Waals surface area contributed by atoms with Crippen LogP contribution in [0, 0.1) is 26.7 Å². The molecule has 0 heterocycles. The Kier molecular flexibility index (Phi) is 4.32. The quantitative estimate of drug-likeness (QED) is 0.665. The highest BCUT2D eigenvalue weighted by Crippen LogP contribution is 2.30. The standard InChI is InChI=1S/C20H25/c1-13(2)18-9-10-19(16(5)12-18)17(6)20-11-14(3)7-8-15(20)4/h7-13H,1-6H3. The second-order valence-corrected chi connectivity index (χ2v) is 6.17. The van der Waals surface area contributed by atoms with Crippen LogP contribution in [0.1, 0.15) is 60.1 Å². The summed E-state index contributed by atoms with van der Waals surface area (Å²) in [6, 6.07) is 13.6. The summed E-state index contributed by atoms with van der Waals surface area (Å²) in [4.78, 5) is 0. The first-order chi connectivity index (χ1) is 9.40. The topological polar surface area (TPSA) is 0 Å².